The van der Waals surface area contributed by atoms with Crippen LogP contribution in [0.2, 0.25) is 0 Å². The minimum atomic E-state index is 0.975. The lowest BCUT2D eigenvalue weighted by Crippen LogP contribution is -2.06. The first-order valence-electron chi connectivity index (χ1n) is 6.13. The topological polar surface area (TPSA) is 43.6 Å². The highest BCUT2D eigenvalue weighted by atomic mass is 15.5. The third-order valence-corrected chi connectivity index (χ3v) is 2.58. The van der Waals surface area contributed by atoms with Gasteiger partial charge in [0.1, 0.15) is 0 Å². The maximum Gasteiger partial charge on any atom is 0.151 e. The molecule has 0 fully saturated rings. The van der Waals surface area contributed by atoms with E-state index in [0.717, 1.165) is 18.8 Å². The van der Waals surface area contributed by atoms with Crippen molar-refractivity contribution in [2.45, 2.75) is 65.3 Å². The lowest BCUT2D eigenvalue weighted by atomic mass is 10.2. The highest BCUT2D eigenvalue weighted by molar-refractivity contribution is 4.80. The lowest BCUT2D eigenvalue weighted by molar-refractivity contribution is 0.513. The molecule has 0 bridgehead atoms. The molecule has 1 aromatic heterocycles. The SMILES string of the molecule is CCCCCc1nnnn1CCCCC. The van der Waals surface area contributed by atoms with Crippen LogP contribution >= 0.6 is 0 Å². The van der Waals surface area contributed by atoms with Crippen molar-refractivity contribution in [3.63, 3.8) is 0 Å². The summed E-state index contributed by atoms with van der Waals surface area (Å²) in [4.78, 5) is 0. The monoisotopic (exact) mass is 210 g/mol. The zero-order valence-electron chi connectivity index (χ0n) is 9.95. The Morgan fingerprint density at radius 3 is 2.47 bits per heavy atom. The Morgan fingerprint density at radius 2 is 1.73 bits per heavy atom. The minimum absolute atomic E-state index is 0.975. The van der Waals surface area contributed by atoms with E-state index in [4.69, 9.17) is 0 Å². The van der Waals surface area contributed by atoms with Gasteiger partial charge in [0, 0.05) is 13.0 Å². The largest absolute Gasteiger partial charge is 0.230 e. The van der Waals surface area contributed by atoms with Crippen LogP contribution in [0.3, 0.4) is 0 Å². The van der Waals surface area contributed by atoms with Gasteiger partial charge in [-0.2, -0.15) is 0 Å². The summed E-state index contributed by atoms with van der Waals surface area (Å²) in [6, 6.07) is 0. The summed E-state index contributed by atoms with van der Waals surface area (Å²) in [5.74, 6) is 1.06. The van der Waals surface area contributed by atoms with Crippen LogP contribution in [-0.2, 0) is 13.0 Å². The van der Waals surface area contributed by atoms with Crippen LogP contribution < -0.4 is 0 Å². The van der Waals surface area contributed by atoms with Crippen molar-refractivity contribution in [3.8, 4) is 0 Å². The average molecular weight is 210 g/mol. The van der Waals surface area contributed by atoms with Gasteiger partial charge in [0.25, 0.3) is 0 Å². The predicted molar refractivity (Wildman–Crippen MR) is 60.6 cm³/mol. The van der Waals surface area contributed by atoms with E-state index < -0.39 is 0 Å². The fourth-order valence-electron chi connectivity index (χ4n) is 1.62. The molecule has 86 valence electrons. The van der Waals surface area contributed by atoms with E-state index in [1.807, 2.05) is 4.68 Å². The van der Waals surface area contributed by atoms with E-state index >= 15 is 0 Å². The Hall–Kier alpha value is -0.930. The molecule has 0 saturated heterocycles. The van der Waals surface area contributed by atoms with Crippen molar-refractivity contribution in [2.24, 2.45) is 0 Å². The van der Waals surface area contributed by atoms with Gasteiger partial charge in [0.2, 0.25) is 0 Å². The van der Waals surface area contributed by atoms with Gasteiger partial charge in [-0.05, 0) is 23.3 Å². The summed E-state index contributed by atoms with van der Waals surface area (Å²) in [5, 5.41) is 11.8. The molecule has 0 amide bonds. The summed E-state index contributed by atoms with van der Waals surface area (Å²) in [7, 11) is 0. The van der Waals surface area contributed by atoms with Crippen molar-refractivity contribution in [1.29, 1.82) is 0 Å². The first-order chi connectivity index (χ1) is 7.38. The van der Waals surface area contributed by atoms with E-state index in [9.17, 15) is 0 Å². The number of aryl methyl sites for hydroxylation is 2. The molecule has 0 aliphatic heterocycles. The first-order valence-corrected chi connectivity index (χ1v) is 6.13. The molecule has 1 heterocycles. The molecule has 1 rings (SSSR count). The molecule has 0 unspecified atom stereocenters. The summed E-state index contributed by atoms with van der Waals surface area (Å²) in [6.07, 6.45) is 8.42. The number of hydrogen-bond donors (Lipinski definition) is 0. The van der Waals surface area contributed by atoms with Crippen LogP contribution in [0.1, 0.15) is 58.2 Å². The predicted octanol–water partition coefficient (Wildman–Crippen LogP) is 2.60. The molecule has 0 spiro atoms. The number of rotatable bonds is 8. The van der Waals surface area contributed by atoms with E-state index in [-0.39, 0.29) is 0 Å². The zero-order chi connectivity index (χ0) is 10.9. The Balaban J connectivity index is 2.32. The number of hydrogen-bond acceptors (Lipinski definition) is 3. The van der Waals surface area contributed by atoms with Crippen LogP contribution in [-0.4, -0.2) is 20.2 Å². The van der Waals surface area contributed by atoms with Gasteiger partial charge in [-0.25, -0.2) is 4.68 Å². The molecular weight excluding hydrogens is 188 g/mol. The van der Waals surface area contributed by atoms with Crippen LogP contribution in [0.25, 0.3) is 0 Å². The highest BCUT2D eigenvalue weighted by Gasteiger charge is 2.04. The molecule has 0 radical (unpaired) electrons. The van der Waals surface area contributed by atoms with Gasteiger partial charge in [-0.1, -0.05) is 39.5 Å². The second kappa shape index (κ2) is 7.37. The summed E-state index contributed by atoms with van der Waals surface area (Å²) >= 11 is 0. The van der Waals surface area contributed by atoms with E-state index in [1.54, 1.807) is 0 Å². The Morgan fingerprint density at radius 1 is 1.00 bits per heavy atom. The Labute approximate surface area is 92.1 Å². The molecule has 0 atom stereocenters. The van der Waals surface area contributed by atoms with Gasteiger partial charge >= 0.3 is 0 Å². The molecule has 4 nitrogen and oxygen atoms in total. The van der Waals surface area contributed by atoms with Gasteiger partial charge < -0.3 is 0 Å². The maximum absolute atomic E-state index is 4.07. The summed E-state index contributed by atoms with van der Waals surface area (Å²) in [6.45, 7) is 5.40. The molecule has 0 aromatic carbocycles. The molecule has 0 N–H and O–H groups in total. The second-order valence-electron chi connectivity index (χ2n) is 3.98. The smallest absolute Gasteiger partial charge is 0.151 e. The lowest BCUT2D eigenvalue weighted by Gasteiger charge is -2.03. The van der Waals surface area contributed by atoms with Crippen LogP contribution in [0.5, 0.6) is 0 Å². The van der Waals surface area contributed by atoms with Gasteiger partial charge in [0.15, 0.2) is 5.82 Å². The third-order valence-electron chi connectivity index (χ3n) is 2.58. The number of unbranched alkanes of at least 4 members (excludes halogenated alkanes) is 4. The number of tetrazole rings is 1. The fraction of sp³-hybridized carbons (Fsp3) is 0.909. The number of aromatic nitrogens is 4. The van der Waals surface area contributed by atoms with E-state index in [1.165, 1.54) is 38.5 Å². The quantitative estimate of drug-likeness (QED) is 0.619. The molecule has 4 heteroatoms. The third kappa shape index (κ3) is 4.40. The van der Waals surface area contributed by atoms with Crippen molar-refractivity contribution in [3.05, 3.63) is 5.82 Å². The van der Waals surface area contributed by atoms with Crippen LogP contribution in [0, 0.1) is 0 Å². The molecular formula is C11H22N4. The van der Waals surface area contributed by atoms with Crippen LogP contribution in [0.15, 0.2) is 0 Å². The zero-order valence-corrected chi connectivity index (χ0v) is 9.95. The molecule has 1 aromatic rings. The molecule has 0 aliphatic carbocycles. The van der Waals surface area contributed by atoms with Crippen molar-refractivity contribution >= 4 is 0 Å². The summed E-state index contributed by atoms with van der Waals surface area (Å²) < 4.78 is 1.96. The average Bonchev–Trinajstić information content (AvgIpc) is 2.67. The second-order valence-corrected chi connectivity index (χ2v) is 3.98. The fourth-order valence-corrected chi connectivity index (χ4v) is 1.62. The number of nitrogens with zero attached hydrogens (tertiary/aromatic N) is 4. The van der Waals surface area contributed by atoms with E-state index in [2.05, 4.69) is 29.4 Å². The molecule has 0 saturated carbocycles. The van der Waals surface area contributed by atoms with Gasteiger partial charge in [-0.3, -0.25) is 0 Å². The van der Waals surface area contributed by atoms with Crippen molar-refractivity contribution < 1.29 is 0 Å². The standard InChI is InChI=1S/C11H22N4/c1-3-5-7-9-11-12-13-14-15(11)10-8-6-4-2/h3-10H2,1-2H3. The summed E-state index contributed by atoms with van der Waals surface area (Å²) in [5.41, 5.74) is 0. The maximum atomic E-state index is 4.07. The Kier molecular flexibility index (Phi) is 5.97. The normalized spacial score (nSPS) is 10.8. The van der Waals surface area contributed by atoms with Gasteiger partial charge in [0.05, 0.1) is 0 Å². The molecule has 0 aliphatic rings. The van der Waals surface area contributed by atoms with Crippen molar-refractivity contribution in [2.75, 3.05) is 0 Å². The minimum Gasteiger partial charge on any atom is -0.230 e. The van der Waals surface area contributed by atoms with Gasteiger partial charge in [-0.15, -0.1) is 5.10 Å². The molecule has 15 heavy (non-hydrogen) atoms. The van der Waals surface area contributed by atoms with Crippen molar-refractivity contribution in [1.82, 2.24) is 20.2 Å². The van der Waals surface area contributed by atoms with Crippen LogP contribution in [0.4, 0.5) is 0 Å². The highest BCUT2D eigenvalue weighted by Crippen LogP contribution is 2.04. The first kappa shape index (κ1) is 12.1. The Bertz CT molecular complexity index is 232. The van der Waals surface area contributed by atoms with E-state index in [0.29, 0.717) is 0 Å².